The van der Waals surface area contributed by atoms with Crippen molar-refractivity contribution in [3.63, 3.8) is 0 Å². The highest BCUT2D eigenvalue weighted by Crippen LogP contribution is 2.25. The number of amides is 1. The van der Waals surface area contributed by atoms with E-state index in [1.807, 2.05) is 6.07 Å². The van der Waals surface area contributed by atoms with E-state index in [-0.39, 0.29) is 5.91 Å². The lowest BCUT2D eigenvalue weighted by Crippen LogP contribution is -2.26. The van der Waals surface area contributed by atoms with Crippen molar-refractivity contribution in [1.29, 1.82) is 0 Å². The Labute approximate surface area is 163 Å². The summed E-state index contributed by atoms with van der Waals surface area (Å²) in [5.74, 6) is 0.447. The average molecular weight is 369 g/mol. The molecule has 5 nitrogen and oxygen atoms in total. The van der Waals surface area contributed by atoms with Gasteiger partial charge in [0.15, 0.2) is 0 Å². The number of pyridine rings is 1. The van der Waals surface area contributed by atoms with Crippen molar-refractivity contribution in [1.82, 2.24) is 10.3 Å². The molecule has 5 heteroatoms. The normalized spacial score (nSPS) is 10.7. The molecule has 1 aromatic carbocycles. The number of carbonyl (C=O) groups excluding carboxylic acids is 1. The van der Waals surface area contributed by atoms with Crippen LogP contribution in [0.15, 0.2) is 36.5 Å². The molecule has 0 saturated heterocycles. The number of nitrogens with zero attached hydrogens (tertiary/aromatic N) is 2. The predicted octanol–water partition coefficient (Wildman–Crippen LogP) is 4.76. The smallest absolute Gasteiger partial charge is 0.269 e. The van der Waals surface area contributed by atoms with Crippen LogP contribution in [0.25, 0.3) is 0 Å². The van der Waals surface area contributed by atoms with Gasteiger partial charge in [-0.3, -0.25) is 4.79 Å². The molecule has 146 valence electrons. The first kappa shape index (κ1) is 20.7. The molecular formula is C22H32N4O. The summed E-state index contributed by atoms with van der Waals surface area (Å²) in [5.41, 5.74) is 4.76. The summed E-state index contributed by atoms with van der Waals surface area (Å²) in [5, 5.41) is 6.30. The number of aryl methyl sites for hydroxylation is 1. The molecule has 0 saturated carbocycles. The van der Waals surface area contributed by atoms with Crippen LogP contribution < -0.4 is 15.5 Å². The van der Waals surface area contributed by atoms with E-state index >= 15 is 0 Å². The zero-order chi connectivity index (χ0) is 19.8. The topological polar surface area (TPSA) is 57.3 Å². The third-order valence-electron chi connectivity index (χ3n) is 4.62. The Bertz CT molecular complexity index is 736. The number of hydrogen-bond donors (Lipinski definition) is 2. The number of aromatic nitrogens is 1. The fourth-order valence-corrected chi connectivity index (χ4v) is 2.90. The molecule has 0 unspecified atom stereocenters. The van der Waals surface area contributed by atoms with E-state index in [1.165, 1.54) is 11.3 Å². The quantitative estimate of drug-likeness (QED) is 0.670. The molecule has 1 heterocycles. The highest BCUT2D eigenvalue weighted by atomic mass is 16.1. The lowest BCUT2D eigenvalue weighted by molar-refractivity contribution is 0.0947. The number of anilines is 3. The van der Waals surface area contributed by atoms with E-state index < -0.39 is 0 Å². The summed E-state index contributed by atoms with van der Waals surface area (Å²) >= 11 is 0. The van der Waals surface area contributed by atoms with Crippen molar-refractivity contribution >= 4 is 23.0 Å². The van der Waals surface area contributed by atoms with Crippen molar-refractivity contribution in [3.05, 3.63) is 47.8 Å². The first-order chi connectivity index (χ1) is 12.9. The molecule has 0 aliphatic heterocycles. The van der Waals surface area contributed by atoms with Crippen LogP contribution in [-0.2, 0) is 0 Å². The second-order valence-corrected chi connectivity index (χ2v) is 7.17. The van der Waals surface area contributed by atoms with Crippen LogP contribution in [-0.4, -0.2) is 30.5 Å². The SMILES string of the molecule is CCN(CC)c1ccc(Nc2ccc(C(=O)NCCC(C)C)nc2)c(C)c1. The number of nitrogens with one attached hydrogen (secondary N) is 2. The molecular weight excluding hydrogens is 336 g/mol. The van der Waals surface area contributed by atoms with Crippen LogP contribution in [0.2, 0.25) is 0 Å². The van der Waals surface area contributed by atoms with E-state index in [2.05, 4.69) is 73.3 Å². The summed E-state index contributed by atoms with van der Waals surface area (Å²) < 4.78 is 0. The lowest BCUT2D eigenvalue weighted by atomic mass is 10.1. The van der Waals surface area contributed by atoms with Gasteiger partial charge in [0.1, 0.15) is 5.69 Å². The second-order valence-electron chi connectivity index (χ2n) is 7.17. The Morgan fingerprint density at radius 1 is 1.15 bits per heavy atom. The maximum Gasteiger partial charge on any atom is 0.269 e. The Morgan fingerprint density at radius 2 is 1.89 bits per heavy atom. The van der Waals surface area contributed by atoms with E-state index in [0.29, 0.717) is 18.2 Å². The van der Waals surface area contributed by atoms with Gasteiger partial charge in [-0.15, -0.1) is 0 Å². The van der Waals surface area contributed by atoms with Gasteiger partial charge in [-0.2, -0.15) is 0 Å². The summed E-state index contributed by atoms with van der Waals surface area (Å²) in [7, 11) is 0. The molecule has 2 N–H and O–H groups in total. The van der Waals surface area contributed by atoms with Crippen molar-refractivity contribution in [3.8, 4) is 0 Å². The molecule has 0 spiro atoms. The van der Waals surface area contributed by atoms with E-state index in [0.717, 1.165) is 30.9 Å². The zero-order valence-corrected chi connectivity index (χ0v) is 17.2. The molecule has 1 aromatic heterocycles. The lowest BCUT2D eigenvalue weighted by Gasteiger charge is -2.22. The van der Waals surface area contributed by atoms with Crippen molar-refractivity contribution in [2.24, 2.45) is 5.92 Å². The van der Waals surface area contributed by atoms with Gasteiger partial charge in [-0.25, -0.2) is 4.98 Å². The predicted molar refractivity (Wildman–Crippen MR) is 114 cm³/mol. The minimum atomic E-state index is -0.123. The first-order valence-electron chi connectivity index (χ1n) is 9.81. The van der Waals surface area contributed by atoms with Crippen LogP contribution in [0.5, 0.6) is 0 Å². The van der Waals surface area contributed by atoms with Crippen molar-refractivity contribution in [2.75, 3.05) is 29.9 Å². The number of benzene rings is 1. The summed E-state index contributed by atoms with van der Waals surface area (Å²) in [6, 6.07) is 10.1. The van der Waals surface area contributed by atoms with E-state index in [1.54, 1.807) is 12.3 Å². The Balaban J connectivity index is 2.01. The largest absolute Gasteiger partial charge is 0.372 e. The standard InChI is InChI=1S/C22H32N4O/c1-6-26(7-2)19-9-11-20(17(5)14-19)25-18-8-10-21(24-15-18)22(27)23-13-12-16(3)4/h8-11,14-16,25H,6-7,12-13H2,1-5H3,(H,23,27). The fraction of sp³-hybridized carbons (Fsp3) is 0.455. The van der Waals surface area contributed by atoms with Crippen molar-refractivity contribution in [2.45, 2.75) is 41.0 Å². The Hall–Kier alpha value is -2.56. The van der Waals surface area contributed by atoms with Crippen LogP contribution >= 0.6 is 0 Å². The monoisotopic (exact) mass is 368 g/mol. The van der Waals surface area contributed by atoms with Gasteiger partial charge in [0.05, 0.1) is 11.9 Å². The molecule has 27 heavy (non-hydrogen) atoms. The summed E-state index contributed by atoms with van der Waals surface area (Å²) in [6.07, 6.45) is 2.67. The van der Waals surface area contributed by atoms with Gasteiger partial charge < -0.3 is 15.5 Å². The zero-order valence-electron chi connectivity index (χ0n) is 17.2. The number of carbonyl (C=O) groups is 1. The second kappa shape index (κ2) is 9.95. The summed E-state index contributed by atoms with van der Waals surface area (Å²) in [4.78, 5) is 18.7. The third kappa shape index (κ3) is 5.98. The molecule has 0 bridgehead atoms. The molecule has 0 radical (unpaired) electrons. The number of hydrogen-bond acceptors (Lipinski definition) is 4. The van der Waals surface area contributed by atoms with Crippen LogP contribution in [0.3, 0.4) is 0 Å². The molecule has 0 atom stereocenters. The van der Waals surface area contributed by atoms with Gasteiger partial charge in [0.25, 0.3) is 5.91 Å². The minimum Gasteiger partial charge on any atom is -0.372 e. The van der Waals surface area contributed by atoms with Crippen LogP contribution in [0.4, 0.5) is 17.1 Å². The summed E-state index contributed by atoms with van der Waals surface area (Å²) in [6.45, 7) is 13.4. The van der Waals surface area contributed by atoms with Gasteiger partial charge in [-0.1, -0.05) is 13.8 Å². The molecule has 2 aromatic rings. The van der Waals surface area contributed by atoms with Gasteiger partial charge in [0, 0.05) is 31.0 Å². The fourth-order valence-electron chi connectivity index (χ4n) is 2.90. The molecule has 0 aliphatic carbocycles. The van der Waals surface area contributed by atoms with Gasteiger partial charge >= 0.3 is 0 Å². The maximum atomic E-state index is 12.1. The maximum absolute atomic E-state index is 12.1. The van der Waals surface area contributed by atoms with E-state index in [9.17, 15) is 4.79 Å². The number of rotatable bonds is 9. The minimum absolute atomic E-state index is 0.123. The first-order valence-corrected chi connectivity index (χ1v) is 9.81. The Kier molecular flexibility index (Phi) is 7.65. The molecule has 2 rings (SSSR count). The average Bonchev–Trinajstić information content (AvgIpc) is 2.65. The van der Waals surface area contributed by atoms with E-state index in [4.69, 9.17) is 0 Å². The van der Waals surface area contributed by atoms with Crippen molar-refractivity contribution < 1.29 is 4.79 Å². The Morgan fingerprint density at radius 3 is 2.44 bits per heavy atom. The van der Waals surface area contributed by atoms with Crippen LogP contribution in [0.1, 0.15) is 50.2 Å². The highest BCUT2D eigenvalue weighted by Gasteiger charge is 2.08. The highest BCUT2D eigenvalue weighted by molar-refractivity contribution is 5.92. The van der Waals surface area contributed by atoms with Crippen LogP contribution in [0, 0.1) is 12.8 Å². The molecule has 1 amide bonds. The third-order valence-corrected chi connectivity index (χ3v) is 4.62. The van der Waals surface area contributed by atoms with Gasteiger partial charge in [-0.05, 0) is 69.0 Å². The molecule has 0 fully saturated rings. The van der Waals surface area contributed by atoms with Gasteiger partial charge in [0.2, 0.25) is 0 Å². The molecule has 0 aliphatic rings.